The Morgan fingerprint density at radius 2 is 1.64 bits per heavy atom. The van der Waals surface area contributed by atoms with E-state index in [9.17, 15) is 22.4 Å². The Bertz CT molecular complexity index is 1330. The lowest BCUT2D eigenvalue weighted by Crippen LogP contribution is -2.19. The Labute approximate surface area is 192 Å². The van der Waals surface area contributed by atoms with Crippen molar-refractivity contribution in [3.05, 3.63) is 82.7 Å². The highest BCUT2D eigenvalue weighted by atomic mass is 79.9. The number of fused-ring (bicyclic) bond motifs is 1. The standard InChI is InChI=1S/C22H13BrF4N4O2/c23-18-8-5-15(10-17(18)22(25,26)27)30-20(32)29-14-3-6-16(7-4-14)33-21-28-11-12-1-2-13(24)9-19(12)31-21/h1-11H,(H2,29,30,32). The van der Waals surface area contributed by atoms with Gasteiger partial charge in [-0.1, -0.05) is 15.9 Å². The van der Waals surface area contributed by atoms with E-state index in [-0.39, 0.29) is 16.2 Å². The summed E-state index contributed by atoms with van der Waals surface area (Å²) in [5, 5.41) is 5.52. The SMILES string of the molecule is O=C(Nc1ccc(Oc2ncc3ccc(F)cc3n2)cc1)Nc1ccc(Br)c(C(F)(F)F)c1. The summed E-state index contributed by atoms with van der Waals surface area (Å²) in [6.45, 7) is 0. The minimum atomic E-state index is -4.56. The Morgan fingerprint density at radius 1 is 0.939 bits per heavy atom. The lowest BCUT2D eigenvalue weighted by atomic mass is 10.2. The van der Waals surface area contributed by atoms with Crippen molar-refractivity contribution < 1.29 is 27.1 Å². The van der Waals surface area contributed by atoms with Gasteiger partial charge in [0.15, 0.2) is 0 Å². The molecule has 0 bridgehead atoms. The van der Waals surface area contributed by atoms with Gasteiger partial charge in [0.05, 0.1) is 11.1 Å². The molecular formula is C22H13BrF4N4O2. The van der Waals surface area contributed by atoms with Gasteiger partial charge in [-0.05, 0) is 54.6 Å². The van der Waals surface area contributed by atoms with Crippen LogP contribution in [0.15, 0.2) is 71.3 Å². The third-order valence-electron chi connectivity index (χ3n) is 4.37. The first-order valence-electron chi connectivity index (χ1n) is 9.32. The molecule has 0 spiro atoms. The molecule has 168 valence electrons. The number of ether oxygens (including phenoxy) is 1. The minimum absolute atomic E-state index is 0.0160. The number of nitrogens with zero attached hydrogens (tertiary/aromatic N) is 2. The number of carbonyl (C=O) groups is 1. The topological polar surface area (TPSA) is 76.1 Å². The molecule has 0 aliphatic carbocycles. The molecule has 6 nitrogen and oxygen atoms in total. The van der Waals surface area contributed by atoms with Gasteiger partial charge in [0.25, 0.3) is 0 Å². The molecule has 0 fully saturated rings. The molecule has 0 saturated carbocycles. The number of benzene rings is 3. The van der Waals surface area contributed by atoms with Crippen LogP contribution in [0.4, 0.5) is 33.7 Å². The number of rotatable bonds is 4. The summed E-state index contributed by atoms with van der Waals surface area (Å²) in [7, 11) is 0. The third-order valence-corrected chi connectivity index (χ3v) is 5.07. The van der Waals surface area contributed by atoms with Gasteiger partial charge in [0.1, 0.15) is 11.6 Å². The zero-order valence-electron chi connectivity index (χ0n) is 16.5. The summed E-state index contributed by atoms with van der Waals surface area (Å²) in [5.74, 6) is -0.0712. The van der Waals surface area contributed by atoms with Crippen LogP contribution in [0.3, 0.4) is 0 Å². The van der Waals surface area contributed by atoms with E-state index in [1.807, 2.05) is 0 Å². The van der Waals surface area contributed by atoms with E-state index in [2.05, 4.69) is 36.5 Å². The van der Waals surface area contributed by atoms with Crippen molar-refractivity contribution in [1.29, 1.82) is 0 Å². The van der Waals surface area contributed by atoms with Crippen molar-refractivity contribution in [3.8, 4) is 11.8 Å². The highest BCUT2D eigenvalue weighted by molar-refractivity contribution is 9.10. The van der Waals surface area contributed by atoms with E-state index in [1.54, 1.807) is 6.07 Å². The lowest BCUT2D eigenvalue weighted by Gasteiger charge is -2.12. The first kappa shape index (κ1) is 22.5. The Kier molecular flexibility index (Phi) is 6.14. The van der Waals surface area contributed by atoms with Gasteiger partial charge < -0.3 is 15.4 Å². The number of hydrogen-bond donors (Lipinski definition) is 2. The van der Waals surface area contributed by atoms with Crippen molar-refractivity contribution in [2.75, 3.05) is 10.6 Å². The summed E-state index contributed by atoms with van der Waals surface area (Å²) in [6, 6.07) is 12.9. The second-order valence-corrected chi connectivity index (χ2v) is 7.61. The maximum Gasteiger partial charge on any atom is 0.417 e. The van der Waals surface area contributed by atoms with Crippen molar-refractivity contribution >= 4 is 44.2 Å². The largest absolute Gasteiger partial charge is 0.424 e. The van der Waals surface area contributed by atoms with Crippen molar-refractivity contribution in [2.45, 2.75) is 6.18 Å². The molecule has 33 heavy (non-hydrogen) atoms. The van der Waals surface area contributed by atoms with Crippen LogP contribution < -0.4 is 15.4 Å². The van der Waals surface area contributed by atoms with Crippen molar-refractivity contribution in [1.82, 2.24) is 9.97 Å². The number of urea groups is 1. The molecule has 4 aromatic rings. The van der Waals surface area contributed by atoms with Crippen LogP contribution in [-0.4, -0.2) is 16.0 Å². The summed E-state index contributed by atoms with van der Waals surface area (Å²) in [5.41, 5.74) is -0.167. The smallest absolute Gasteiger partial charge is 0.417 e. The Morgan fingerprint density at radius 3 is 2.36 bits per heavy atom. The summed E-state index contributed by atoms with van der Waals surface area (Å²) in [6.07, 6.45) is -3.06. The highest BCUT2D eigenvalue weighted by Crippen LogP contribution is 2.36. The number of amides is 2. The number of alkyl halides is 3. The molecule has 2 amide bonds. The second-order valence-electron chi connectivity index (χ2n) is 6.75. The quantitative estimate of drug-likeness (QED) is 0.284. The van der Waals surface area contributed by atoms with Crippen LogP contribution in [0, 0.1) is 5.82 Å². The van der Waals surface area contributed by atoms with Crippen LogP contribution in [0.2, 0.25) is 0 Å². The summed E-state index contributed by atoms with van der Waals surface area (Å²) >= 11 is 2.85. The number of aromatic nitrogens is 2. The maximum absolute atomic E-state index is 13.4. The van der Waals surface area contributed by atoms with Crippen LogP contribution in [-0.2, 0) is 6.18 Å². The van der Waals surface area contributed by atoms with Crippen LogP contribution in [0.1, 0.15) is 5.56 Å². The molecule has 0 saturated heterocycles. The molecule has 0 atom stereocenters. The average molecular weight is 521 g/mol. The molecule has 0 aliphatic rings. The lowest BCUT2D eigenvalue weighted by molar-refractivity contribution is -0.138. The predicted molar refractivity (Wildman–Crippen MR) is 118 cm³/mol. The molecule has 3 aromatic carbocycles. The number of nitrogens with one attached hydrogen (secondary N) is 2. The molecule has 0 radical (unpaired) electrons. The van der Waals surface area contributed by atoms with Gasteiger partial charge in [0, 0.05) is 33.5 Å². The number of anilines is 2. The fourth-order valence-electron chi connectivity index (χ4n) is 2.85. The fourth-order valence-corrected chi connectivity index (χ4v) is 3.33. The Balaban J connectivity index is 1.40. The van der Waals surface area contributed by atoms with Crippen molar-refractivity contribution in [3.63, 3.8) is 0 Å². The summed E-state index contributed by atoms with van der Waals surface area (Å²) < 4.78 is 57.8. The monoisotopic (exact) mass is 520 g/mol. The van der Waals surface area contributed by atoms with Gasteiger partial charge >= 0.3 is 18.2 Å². The van der Waals surface area contributed by atoms with Gasteiger partial charge in [-0.2, -0.15) is 18.2 Å². The van der Waals surface area contributed by atoms with Gasteiger partial charge in [-0.15, -0.1) is 0 Å². The van der Waals surface area contributed by atoms with Crippen molar-refractivity contribution in [2.24, 2.45) is 0 Å². The van der Waals surface area contributed by atoms with E-state index >= 15 is 0 Å². The molecule has 1 aromatic heterocycles. The average Bonchev–Trinajstić information content (AvgIpc) is 2.75. The summed E-state index contributed by atoms with van der Waals surface area (Å²) in [4.78, 5) is 20.4. The van der Waals surface area contributed by atoms with Gasteiger partial charge in [0.2, 0.25) is 0 Å². The Hall–Kier alpha value is -3.73. The molecule has 0 aliphatic heterocycles. The van der Waals surface area contributed by atoms with E-state index in [4.69, 9.17) is 4.74 Å². The predicted octanol–water partition coefficient (Wildman–Crippen LogP) is 6.99. The molecule has 1 heterocycles. The molecule has 0 unspecified atom stereocenters. The van der Waals surface area contributed by atoms with Gasteiger partial charge in [-0.3, -0.25) is 0 Å². The van der Waals surface area contributed by atoms with Crippen LogP contribution in [0.5, 0.6) is 11.8 Å². The van der Waals surface area contributed by atoms with Crippen LogP contribution >= 0.6 is 15.9 Å². The molecule has 4 rings (SSSR count). The molecular weight excluding hydrogens is 508 g/mol. The normalized spacial score (nSPS) is 11.3. The zero-order valence-corrected chi connectivity index (χ0v) is 18.0. The fraction of sp³-hybridized carbons (Fsp3) is 0.0455. The molecule has 11 heteroatoms. The second kappa shape index (κ2) is 9.02. The van der Waals surface area contributed by atoms with Gasteiger partial charge in [-0.25, -0.2) is 14.2 Å². The molecule has 2 N–H and O–H groups in total. The number of hydrogen-bond acceptors (Lipinski definition) is 4. The van der Waals surface area contributed by atoms with Crippen LogP contribution in [0.25, 0.3) is 10.9 Å². The number of halogens is 5. The third kappa shape index (κ3) is 5.55. The zero-order chi connectivity index (χ0) is 23.6. The van der Waals surface area contributed by atoms with E-state index in [1.165, 1.54) is 54.7 Å². The maximum atomic E-state index is 13.4. The van der Waals surface area contributed by atoms with E-state index in [0.717, 1.165) is 6.07 Å². The highest BCUT2D eigenvalue weighted by Gasteiger charge is 2.33. The first-order valence-corrected chi connectivity index (χ1v) is 10.1. The first-order chi connectivity index (χ1) is 15.7. The number of carbonyl (C=O) groups excluding carboxylic acids is 1. The van der Waals surface area contributed by atoms with E-state index in [0.29, 0.717) is 22.3 Å². The van der Waals surface area contributed by atoms with E-state index < -0.39 is 23.6 Å². The minimum Gasteiger partial charge on any atom is -0.424 e.